The third kappa shape index (κ3) is 2.80. The van der Waals surface area contributed by atoms with Crippen molar-refractivity contribution in [2.45, 2.75) is 25.3 Å². The lowest BCUT2D eigenvalue weighted by Crippen LogP contribution is -2.35. The summed E-state index contributed by atoms with van der Waals surface area (Å²) in [5.74, 6) is -1.11. The Morgan fingerprint density at radius 2 is 2.03 bits per heavy atom. The molecule has 150 valence electrons. The number of hydrogen-bond acceptors (Lipinski definition) is 5. The van der Waals surface area contributed by atoms with E-state index >= 15 is 4.39 Å². The Morgan fingerprint density at radius 3 is 2.69 bits per heavy atom. The summed E-state index contributed by atoms with van der Waals surface area (Å²) < 4.78 is 17.0. The lowest BCUT2D eigenvalue weighted by Gasteiger charge is -2.23. The molecule has 3 heterocycles. The number of aromatic carboxylic acids is 1. The van der Waals surface area contributed by atoms with Crippen LogP contribution in [0.15, 0.2) is 17.1 Å². The molecule has 1 aromatic heterocycles. The zero-order valence-electron chi connectivity index (χ0n) is 15.8. The van der Waals surface area contributed by atoms with Crippen molar-refractivity contribution >= 4 is 22.6 Å². The first-order chi connectivity index (χ1) is 14.0. The fraction of sp³-hybridized carbons (Fsp3) is 0.476. The van der Waals surface area contributed by atoms with Gasteiger partial charge in [0.25, 0.3) is 0 Å². The van der Waals surface area contributed by atoms with E-state index in [1.54, 1.807) is 4.57 Å². The van der Waals surface area contributed by atoms with Crippen molar-refractivity contribution in [3.63, 3.8) is 0 Å². The molecule has 3 fully saturated rings. The Morgan fingerprint density at radius 1 is 1.28 bits per heavy atom. The van der Waals surface area contributed by atoms with Gasteiger partial charge < -0.3 is 19.9 Å². The molecule has 2 atom stereocenters. The van der Waals surface area contributed by atoms with Gasteiger partial charge in [0.2, 0.25) is 5.43 Å². The minimum absolute atomic E-state index is 0.0342. The number of carbonyl (C=O) groups is 1. The zero-order chi connectivity index (χ0) is 20.3. The second kappa shape index (κ2) is 6.56. The number of pyridine rings is 1. The number of rotatable bonds is 3. The van der Waals surface area contributed by atoms with Crippen LogP contribution in [0.25, 0.3) is 10.9 Å². The van der Waals surface area contributed by atoms with Gasteiger partial charge in [-0.3, -0.25) is 4.79 Å². The van der Waals surface area contributed by atoms with E-state index in [-0.39, 0.29) is 22.7 Å². The molecule has 1 aromatic carbocycles. The molecule has 3 aliphatic rings. The van der Waals surface area contributed by atoms with Crippen molar-refractivity contribution < 1.29 is 14.3 Å². The SMILES string of the molecule is N#Cc1c(N2CC3CCNCC3C2)c(F)cc2c(=O)c(C(=O)O)cn(C3CC3)c12. The first-order valence-electron chi connectivity index (χ1n) is 10.00. The van der Waals surface area contributed by atoms with Gasteiger partial charge in [-0.2, -0.15) is 5.26 Å². The molecule has 2 unspecified atom stereocenters. The van der Waals surface area contributed by atoms with Crippen molar-refractivity contribution in [1.29, 1.82) is 5.26 Å². The summed E-state index contributed by atoms with van der Waals surface area (Å²) in [6, 6.07) is 3.29. The molecule has 1 saturated carbocycles. The van der Waals surface area contributed by atoms with Crippen LogP contribution in [0.1, 0.15) is 41.2 Å². The fourth-order valence-corrected chi connectivity index (χ4v) is 4.94. The molecule has 2 saturated heterocycles. The summed E-state index contributed by atoms with van der Waals surface area (Å²) in [6.07, 6.45) is 4.02. The van der Waals surface area contributed by atoms with Crippen molar-refractivity contribution in [2.24, 2.45) is 11.8 Å². The molecule has 0 amide bonds. The van der Waals surface area contributed by atoms with Crippen LogP contribution in [0.3, 0.4) is 0 Å². The number of halogens is 1. The van der Waals surface area contributed by atoms with Crippen LogP contribution in [0.2, 0.25) is 0 Å². The van der Waals surface area contributed by atoms with E-state index in [1.165, 1.54) is 6.20 Å². The number of benzene rings is 1. The number of anilines is 1. The highest BCUT2D eigenvalue weighted by atomic mass is 19.1. The molecule has 1 aliphatic carbocycles. The van der Waals surface area contributed by atoms with E-state index in [0.29, 0.717) is 30.4 Å². The summed E-state index contributed by atoms with van der Waals surface area (Å²) >= 11 is 0. The standard InChI is InChI=1S/C21H21FN4O3/c22-17-5-14-18(26(13-1-2-13)10-16(20(14)27)21(28)29)15(6-23)19(17)25-8-11-3-4-24-7-12(11)9-25/h5,10-13,24H,1-4,7-9H2,(H,28,29). The maximum Gasteiger partial charge on any atom is 0.341 e. The molecule has 2 aliphatic heterocycles. The van der Waals surface area contributed by atoms with Crippen molar-refractivity contribution in [1.82, 2.24) is 9.88 Å². The quantitative estimate of drug-likeness (QED) is 0.824. The highest BCUT2D eigenvalue weighted by Crippen LogP contribution is 2.41. The average Bonchev–Trinajstić information content (AvgIpc) is 3.45. The van der Waals surface area contributed by atoms with Gasteiger partial charge in [0.15, 0.2) is 0 Å². The van der Waals surface area contributed by atoms with Gasteiger partial charge in [-0.15, -0.1) is 0 Å². The number of piperidine rings is 1. The van der Waals surface area contributed by atoms with E-state index in [9.17, 15) is 20.0 Å². The molecule has 8 heteroatoms. The number of aromatic nitrogens is 1. The van der Waals surface area contributed by atoms with Gasteiger partial charge in [-0.25, -0.2) is 9.18 Å². The minimum atomic E-state index is -1.34. The summed E-state index contributed by atoms with van der Waals surface area (Å²) in [5, 5.41) is 22.7. The topological polar surface area (TPSA) is 98.4 Å². The second-order valence-electron chi connectivity index (χ2n) is 8.32. The summed E-state index contributed by atoms with van der Waals surface area (Å²) in [4.78, 5) is 26.2. The van der Waals surface area contributed by atoms with E-state index in [1.807, 2.05) is 4.90 Å². The fourth-order valence-electron chi connectivity index (χ4n) is 4.94. The molecule has 29 heavy (non-hydrogen) atoms. The highest BCUT2D eigenvalue weighted by Gasteiger charge is 2.37. The van der Waals surface area contributed by atoms with Gasteiger partial charge >= 0.3 is 5.97 Å². The van der Waals surface area contributed by atoms with Crippen LogP contribution >= 0.6 is 0 Å². The third-order valence-electron chi connectivity index (χ3n) is 6.52. The van der Waals surface area contributed by atoms with Crippen LogP contribution in [-0.4, -0.2) is 41.8 Å². The molecule has 0 spiro atoms. The predicted octanol–water partition coefficient (Wildman–Crippen LogP) is 2.09. The van der Waals surface area contributed by atoms with E-state index in [2.05, 4.69) is 11.4 Å². The Kier molecular flexibility index (Phi) is 4.10. The molecule has 2 N–H and O–H groups in total. The number of nitriles is 1. The summed E-state index contributed by atoms with van der Waals surface area (Å²) in [6.45, 7) is 3.17. The van der Waals surface area contributed by atoms with Gasteiger partial charge in [-0.1, -0.05) is 0 Å². The maximum atomic E-state index is 15.3. The smallest absolute Gasteiger partial charge is 0.341 e. The number of carboxylic acid groups (broad SMARTS) is 1. The van der Waals surface area contributed by atoms with Crippen LogP contribution in [0.5, 0.6) is 0 Å². The third-order valence-corrected chi connectivity index (χ3v) is 6.52. The van der Waals surface area contributed by atoms with Crippen molar-refractivity contribution in [3.05, 3.63) is 39.4 Å². The number of nitrogens with zero attached hydrogens (tertiary/aromatic N) is 3. The first-order valence-corrected chi connectivity index (χ1v) is 10.00. The van der Waals surface area contributed by atoms with Crippen molar-refractivity contribution in [2.75, 3.05) is 31.1 Å². The average molecular weight is 396 g/mol. The predicted molar refractivity (Wildman–Crippen MR) is 105 cm³/mol. The van der Waals surface area contributed by atoms with Gasteiger partial charge in [0.05, 0.1) is 16.6 Å². The lowest BCUT2D eigenvalue weighted by molar-refractivity contribution is 0.0695. The molecule has 0 radical (unpaired) electrons. The normalized spacial score (nSPS) is 23.8. The van der Waals surface area contributed by atoms with Crippen LogP contribution in [0.4, 0.5) is 10.1 Å². The summed E-state index contributed by atoms with van der Waals surface area (Å²) in [5.41, 5.74) is -0.405. The Bertz CT molecular complexity index is 1120. The maximum absolute atomic E-state index is 15.3. The van der Waals surface area contributed by atoms with E-state index in [4.69, 9.17) is 0 Å². The second-order valence-corrected chi connectivity index (χ2v) is 8.32. The summed E-state index contributed by atoms with van der Waals surface area (Å²) in [7, 11) is 0. The molecule has 2 aromatic rings. The molecular weight excluding hydrogens is 375 g/mol. The Hall–Kier alpha value is -2.92. The van der Waals surface area contributed by atoms with Gasteiger partial charge in [-0.05, 0) is 50.3 Å². The number of nitrogens with one attached hydrogen (secondary N) is 1. The number of fused-ring (bicyclic) bond motifs is 2. The Balaban J connectivity index is 1.74. The molecular formula is C21H21FN4O3. The Labute approximate surface area is 166 Å². The largest absolute Gasteiger partial charge is 0.477 e. The minimum Gasteiger partial charge on any atom is -0.477 e. The zero-order valence-corrected chi connectivity index (χ0v) is 15.8. The van der Waals surface area contributed by atoms with E-state index < -0.39 is 22.8 Å². The number of carboxylic acids is 1. The first kappa shape index (κ1) is 18.1. The number of hydrogen-bond donors (Lipinski definition) is 2. The van der Waals surface area contributed by atoms with Gasteiger partial charge in [0, 0.05) is 25.3 Å². The van der Waals surface area contributed by atoms with Crippen LogP contribution in [-0.2, 0) is 0 Å². The monoisotopic (exact) mass is 396 g/mol. The molecule has 7 nitrogen and oxygen atoms in total. The van der Waals surface area contributed by atoms with Crippen LogP contribution in [0, 0.1) is 29.0 Å². The molecule has 5 rings (SSSR count). The molecule has 0 bridgehead atoms. The van der Waals surface area contributed by atoms with Gasteiger partial charge in [0.1, 0.15) is 23.0 Å². The van der Waals surface area contributed by atoms with E-state index in [0.717, 1.165) is 38.4 Å². The van der Waals surface area contributed by atoms with Crippen molar-refractivity contribution in [3.8, 4) is 6.07 Å². The van der Waals surface area contributed by atoms with Crippen LogP contribution < -0.4 is 15.6 Å². The lowest BCUT2D eigenvalue weighted by atomic mass is 9.90. The highest BCUT2D eigenvalue weighted by molar-refractivity contribution is 5.96.